The summed E-state index contributed by atoms with van der Waals surface area (Å²) in [5, 5.41) is 2.92. The van der Waals surface area contributed by atoms with Crippen LogP contribution in [-0.2, 0) is 4.79 Å². The lowest BCUT2D eigenvalue weighted by Crippen LogP contribution is -2.35. The first-order valence-corrected chi connectivity index (χ1v) is 7.70. The Hall–Kier alpha value is -1.00. The summed E-state index contributed by atoms with van der Waals surface area (Å²) in [6.45, 7) is 8.20. The van der Waals surface area contributed by atoms with Crippen molar-refractivity contribution in [1.29, 1.82) is 0 Å². The fourth-order valence-corrected chi connectivity index (χ4v) is 2.47. The van der Waals surface area contributed by atoms with Crippen LogP contribution in [-0.4, -0.2) is 23.0 Å². The molecule has 0 radical (unpaired) electrons. The lowest BCUT2D eigenvalue weighted by atomic mass is 10.0. The van der Waals surface area contributed by atoms with Crippen LogP contribution in [0.1, 0.15) is 39.2 Å². The van der Waals surface area contributed by atoms with E-state index in [0.29, 0.717) is 11.7 Å². The number of carbonyl (C=O) groups excluding carboxylic acids is 1. The van der Waals surface area contributed by atoms with E-state index in [2.05, 4.69) is 25.2 Å². The topological polar surface area (TPSA) is 55.1 Å². The molecule has 1 amide bonds. The summed E-state index contributed by atoms with van der Waals surface area (Å²) in [5.41, 5.74) is 7.74. The molecule has 1 aromatic rings. The molecule has 0 aliphatic rings. The minimum atomic E-state index is -0.234. The van der Waals surface area contributed by atoms with Crippen LogP contribution < -0.4 is 11.1 Å². The smallest absolute Gasteiger partial charge is 0.234 e. The molecule has 0 saturated carbocycles. The van der Waals surface area contributed by atoms with Gasteiger partial charge in [0, 0.05) is 17.0 Å². The molecule has 0 unspecified atom stereocenters. The molecule has 4 heteroatoms. The van der Waals surface area contributed by atoms with Crippen molar-refractivity contribution in [3.63, 3.8) is 0 Å². The van der Waals surface area contributed by atoms with Crippen LogP contribution in [0.4, 0.5) is 5.69 Å². The zero-order valence-electron chi connectivity index (χ0n) is 12.2. The highest BCUT2D eigenvalue weighted by molar-refractivity contribution is 8.00. The SMILES string of the molecule is CC(C)c1cccc(NC(=O)CSCC(C)(C)N)c1. The van der Waals surface area contributed by atoms with Gasteiger partial charge < -0.3 is 11.1 Å². The van der Waals surface area contributed by atoms with Crippen LogP contribution in [0.2, 0.25) is 0 Å². The van der Waals surface area contributed by atoms with E-state index in [9.17, 15) is 4.79 Å². The third-order valence-electron chi connectivity index (χ3n) is 2.54. The Balaban J connectivity index is 2.46. The minimum absolute atomic E-state index is 0.0233. The van der Waals surface area contributed by atoms with Gasteiger partial charge in [0.1, 0.15) is 0 Å². The molecule has 0 saturated heterocycles. The number of carbonyl (C=O) groups is 1. The highest BCUT2D eigenvalue weighted by Crippen LogP contribution is 2.19. The third kappa shape index (κ3) is 6.64. The molecule has 0 spiro atoms. The van der Waals surface area contributed by atoms with Gasteiger partial charge in [-0.25, -0.2) is 0 Å². The van der Waals surface area contributed by atoms with Crippen molar-refractivity contribution in [2.75, 3.05) is 16.8 Å². The zero-order valence-corrected chi connectivity index (χ0v) is 13.0. The van der Waals surface area contributed by atoms with E-state index in [1.165, 1.54) is 5.56 Å². The fraction of sp³-hybridized carbons (Fsp3) is 0.533. The molecule has 0 aromatic heterocycles. The molecule has 19 heavy (non-hydrogen) atoms. The maximum atomic E-state index is 11.8. The van der Waals surface area contributed by atoms with Crippen LogP contribution in [0, 0.1) is 0 Å². The van der Waals surface area contributed by atoms with Crippen LogP contribution >= 0.6 is 11.8 Å². The minimum Gasteiger partial charge on any atom is -0.325 e. The second-order valence-electron chi connectivity index (χ2n) is 5.81. The lowest BCUT2D eigenvalue weighted by molar-refractivity contribution is -0.113. The monoisotopic (exact) mass is 280 g/mol. The first-order chi connectivity index (χ1) is 8.78. The number of nitrogens with two attached hydrogens (primary N) is 1. The van der Waals surface area contributed by atoms with E-state index in [4.69, 9.17) is 5.73 Å². The second-order valence-corrected chi connectivity index (χ2v) is 6.80. The third-order valence-corrected chi connectivity index (χ3v) is 3.96. The Morgan fingerprint density at radius 2 is 2.11 bits per heavy atom. The van der Waals surface area contributed by atoms with E-state index in [-0.39, 0.29) is 11.4 Å². The number of hydrogen-bond acceptors (Lipinski definition) is 3. The van der Waals surface area contributed by atoms with Gasteiger partial charge in [-0.15, -0.1) is 0 Å². The van der Waals surface area contributed by atoms with Gasteiger partial charge in [0.05, 0.1) is 5.75 Å². The predicted molar refractivity (Wildman–Crippen MR) is 84.8 cm³/mol. The predicted octanol–water partition coefficient (Wildman–Crippen LogP) is 3.22. The maximum absolute atomic E-state index is 11.8. The van der Waals surface area contributed by atoms with Gasteiger partial charge >= 0.3 is 0 Å². The summed E-state index contributed by atoms with van der Waals surface area (Å²) in [7, 11) is 0. The molecular formula is C15H24N2OS. The lowest BCUT2D eigenvalue weighted by Gasteiger charge is -2.17. The average molecular weight is 280 g/mol. The number of hydrogen-bond donors (Lipinski definition) is 2. The molecule has 0 aliphatic carbocycles. The summed E-state index contributed by atoms with van der Waals surface area (Å²) < 4.78 is 0. The van der Waals surface area contributed by atoms with Gasteiger partial charge in [-0.05, 0) is 37.5 Å². The quantitative estimate of drug-likeness (QED) is 0.841. The molecule has 1 aromatic carbocycles. The van der Waals surface area contributed by atoms with Gasteiger partial charge in [0.25, 0.3) is 0 Å². The highest BCUT2D eigenvalue weighted by atomic mass is 32.2. The Labute approximate surface area is 120 Å². The van der Waals surface area contributed by atoms with Crippen LogP contribution in [0.5, 0.6) is 0 Å². The van der Waals surface area contributed by atoms with Crippen LogP contribution in [0.25, 0.3) is 0 Å². The first-order valence-electron chi connectivity index (χ1n) is 6.54. The molecule has 0 aliphatic heterocycles. The average Bonchev–Trinajstić information content (AvgIpc) is 2.27. The fourth-order valence-electron chi connectivity index (χ4n) is 1.58. The molecule has 0 fully saturated rings. The Morgan fingerprint density at radius 1 is 1.42 bits per heavy atom. The van der Waals surface area contributed by atoms with Crippen LogP contribution in [0.3, 0.4) is 0 Å². The summed E-state index contributed by atoms with van der Waals surface area (Å²) >= 11 is 1.56. The summed E-state index contributed by atoms with van der Waals surface area (Å²) in [6.07, 6.45) is 0. The standard InChI is InChI=1S/C15H24N2OS/c1-11(2)12-6-5-7-13(8-12)17-14(18)9-19-10-15(3,4)16/h5-8,11H,9-10,16H2,1-4H3,(H,17,18). The summed E-state index contributed by atoms with van der Waals surface area (Å²) in [6, 6.07) is 7.99. The number of rotatable bonds is 6. The number of nitrogens with one attached hydrogen (secondary N) is 1. The molecule has 106 valence electrons. The van der Waals surface area contributed by atoms with Crippen molar-refractivity contribution in [2.45, 2.75) is 39.2 Å². The van der Waals surface area contributed by atoms with Crippen molar-refractivity contribution in [2.24, 2.45) is 5.73 Å². The van der Waals surface area contributed by atoms with Gasteiger partial charge in [0.15, 0.2) is 0 Å². The highest BCUT2D eigenvalue weighted by Gasteiger charge is 2.12. The number of thioether (sulfide) groups is 1. The maximum Gasteiger partial charge on any atom is 0.234 e. The Bertz CT molecular complexity index is 424. The molecule has 0 atom stereocenters. The van der Waals surface area contributed by atoms with E-state index >= 15 is 0 Å². The number of benzene rings is 1. The second kappa shape index (κ2) is 6.96. The van der Waals surface area contributed by atoms with Gasteiger partial charge in [0.2, 0.25) is 5.91 Å². The molecular weight excluding hydrogens is 256 g/mol. The van der Waals surface area contributed by atoms with Gasteiger partial charge in [-0.2, -0.15) is 11.8 Å². The summed E-state index contributed by atoms with van der Waals surface area (Å²) in [4.78, 5) is 11.8. The Kier molecular flexibility index (Phi) is 5.88. The molecule has 3 nitrogen and oxygen atoms in total. The molecule has 1 rings (SSSR count). The van der Waals surface area contributed by atoms with Crippen molar-refractivity contribution in [3.05, 3.63) is 29.8 Å². The summed E-state index contributed by atoms with van der Waals surface area (Å²) in [5.74, 6) is 1.69. The van der Waals surface area contributed by atoms with E-state index in [0.717, 1.165) is 11.4 Å². The molecule has 3 N–H and O–H groups in total. The molecule has 0 heterocycles. The number of anilines is 1. The van der Waals surface area contributed by atoms with Gasteiger partial charge in [-0.3, -0.25) is 4.79 Å². The van der Waals surface area contributed by atoms with E-state index in [1.54, 1.807) is 11.8 Å². The van der Waals surface area contributed by atoms with E-state index < -0.39 is 0 Å². The van der Waals surface area contributed by atoms with Crippen molar-refractivity contribution >= 4 is 23.4 Å². The van der Waals surface area contributed by atoms with Crippen molar-refractivity contribution < 1.29 is 4.79 Å². The normalized spacial score (nSPS) is 11.7. The zero-order chi connectivity index (χ0) is 14.5. The van der Waals surface area contributed by atoms with Crippen LogP contribution in [0.15, 0.2) is 24.3 Å². The Morgan fingerprint density at radius 3 is 2.68 bits per heavy atom. The van der Waals surface area contributed by atoms with Crippen molar-refractivity contribution in [1.82, 2.24) is 0 Å². The largest absolute Gasteiger partial charge is 0.325 e. The van der Waals surface area contributed by atoms with Gasteiger partial charge in [-0.1, -0.05) is 26.0 Å². The first kappa shape index (κ1) is 16.1. The number of amides is 1. The molecule has 0 bridgehead atoms. The van der Waals surface area contributed by atoms with E-state index in [1.807, 2.05) is 32.0 Å². The van der Waals surface area contributed by atoms with Crippen molar-refractivity contribution in [3.8, 4) is 0 Å².